The van der Waals surface area contributed by atoms with E-state index in [1.165, 1.54) is 0 Å². The molecular weight excluding hydrogens is 368 g/mol. The number of amides is 4. The lowest BCUT2D eigenvalue weighted by atomic mass is 9.82. The lowest BCUT2D eigenvalue weighted by Gasteiger charge is -2.30. The first-order chi connectivity index (χ1) is 14.0. The Labute approximate surface area is 169 Å². The fraction of sp³-hybridized carbons (Fsp3) is 0.409. The Kier molecular flexibility index (Phi) is 5.24. The molecule has 0 bridgehead atoms. The van der Waals surface area contributed by atoms with Gasteiger partial charge in [-0.1, -0.05) is 61.7 Å². The first kappa shape index (κ1) is 19.4. The Hall–Kier alpha value is -2.93. The van der Waals surface area contributed by atoms with Gasteiger partial charge in [0.2, 0.25) is 0 Å². The molecule has 7 nitrogen and oxygen atoms in total. The summed E-state index contributed by atoms with van der Waals surface area (Å²) >= 11 is 0. The molecule has 7 heteroatoms. The maximum Gasteiger partial charge on any atom is 0.344 e. The van der Waals surface area contributed by atoms with E-state index in [0.29, 0.717) is 12.8 Å². The van der Waals surface area contributed by atoms with E-state index < -0.39 is 17.5 Å². The number of carbonyl (C=O) groups is 3. The maximum atomic E-state index is 12.7. The van der Waals surface area contributed by atoms with Gasteiger partial charge in [-0.25, -0.2) is 4.79 Å². The summed E-state index contributed by atoms with van der Waals surface area (Å²) in [5.74, 6) is -0.772. The van der Waals surface area contributed by atoms with Crippen LogP contribution in [-0.4, -0.2) is 34.9 Å². The van der Waals surface area contributed by atoms with E-state index in [1.54, 1.807) is 0 Å². The number of nitrogens with one attached hydrogen (secondary N) is 3. The minimum atomic E-state index is -0.841. The standard InChI is InChI=1S/C22H26N4O3/c1-15(17-11-7-9-16-8-3-4-10-18(16)17)23-14-19(27)25-26-20(28)22(24-21(26)29)12-5-2-6-13-22/h3-4,7-11,15,23H,2,5-6,12-14H2,1H3,(H,24,29)(H,25,27)/t15-/m1/s1. The number of hydrazine groups is 1. The number of urea groups is 1. The normalized spacial score (nSPS) is 19.4. The molecule has 1 aliphatic heterocycles. The molecular formula is C22H26N4O3. The minimum absolute atomic E-state index is 0.00551. The molecule has 3 N–H and O–H groups in total. The number of benzene rings is 2. The van der Waals surface area contributed by atoms with Crippen LogP contribution in [0.3, 0.4) is 0 Å². The first-order valence-corrected chi connectivity index (χ1v) is 10.2. The van der Waals surface area contributed by atoms with Crippen molar-refractivity contribution in [1.82, 2.24) is 21.1 Å². The number of imide groups is 1. The summed E-state index contributed by atoms with van der Waals surface area (Å²) in [5.41, 5.74) is 2.71. The monoisotopic (exact) mass is 394 g/mol. The Morgan fingerprint density at radius 2 is 1.83 bits per heavy atom. The van der Waals surface area contributed by atoms with Crippen molar-refractivity contribution in [3.8, 4) is 0 Å². The van der Waals surface area contributed by atoms with Crippen LogP contribution in [0.15, 0.2) is 42.5 Å². The van der Waals surface area contributed by atoms with Gasteiger partial charge in [0.15, 0.2) is 0 Å². The van der Waals surface area contributed by atoms with E-state index in [4.69, 9.17) is 0 Å². The van der Waals surface area contributed by atoms with E-state index >= 15 is 0 Å². The highest BCUT2D eigenvalue weighted by molar-refractivity contribution is 6.08. The van der Waals surface area contributed by atoms with Crippen LogP contribution in [0.5, 0.6) is 0 Å². The topological polar surface area (TPSA) is 90.5 Å². The number of rotatable bonds is 5. The molecule has 1 aliphatic carbocycles. The predicted molar refractivity (Wildman–Crippen MR) is 110 cm³/mol. The highest BCUT2D eigenvalue weighted by Gasteiger charge is 2.52. The third-order valence-corrected chi connectivity index (χ3v) is 5.96. The highest BCUT2D eigenvalue weighted by Crippen LogP contribution is 2.33. The third-order valence-electron chi connectivity index (χ3n) is 5.96. The molecule has 0 radical (unpaired) electrons. The molecule has 4 amide bonds. The Morgan fingerprint density at radius 3 is 2.62 bits per heavy atom. The summed E-state index contributed by atoms with van der Waals surface area (Å²) in [6.45, 7) is 1.98. The van der Waals surface area contributed by atoms with Gasteiger partial charge in [-0.2, -0.15) is 5.01 Å². The molecule has 1 heterocycles. The highest BCUT2D eigenvalue weighted by atomic mass is 16.2. The van der Waals surface area contributed by atoms with Crippen molar-refractivity contribution in [2.45, 2.75) is 50.6 Å². The number of fused-ring (bicyclic) bond motifs is 1. The zero-order chi connectivity index (χ0) is 20.4. The smallest absolute Gasteiger partial charge is 0.322 e. The molecule has 1 saturated heterocycles. The molecule has 1 spiro atoms. The van der Waals surface area contributed by atoms with Gasteiger partial charge >= 0.3 is 6.03 Å². The van der Waals surface area contributed by atoms with Gasteiger partial charge in [0.05, 0.1) is 6.54 Å². The van der Waals surface area contributed by atoms with Gasteiger partial charge in [-0.05, 0) is 36.1 Å². The van der Waals surface area contributed by atoms with Gasteiger partial charge < -0.3 is 10.6 Å². The number of hydrogen-bond acceptors (Lipinski definition) is 4. The second-order valence-electron chi connectivity index (χ2n) is 7.92. The van der Waals surface area contributed by atoms with Crippen LogP contribution in [0.1, 0.15) is 50.6 Å². The zero-order valence-corrected chi connectivity index (χ0v) is 16.5. The Bertz CT molecular complexity index is 947. The van der Waals surface area contributed by atoms with E-state index in [9.17, 15) is 14.4 Å². The summed E-state index contributed by atoms with van der Waals surface area (Å²) in [7, 11) is 0. The van der Waals surface area contributed by atoms with Gasteiger partial charge in [-0.3, -0.25) is 15.0 Å². The van der Waals surface area contributed by atoms with E-state index in [1.807, 2.05) is 31.2 Å². The molecule has 4 rings (SSSR count). The third kappa shape index (κ3) is 3.70. The van der Waals surface area contributed by atoms with Crippen LogP contribution in [0.2, 0.25) is 0 Å². The van der Waals surface area contributed by atoms with Crippen molar-refractivity contribution in [2.75, 3.05) is 6.54 Å². The molecule has 29 heavy (non-hydrogen) atoms. The second kappa shape index (κ2) is 7.83. The SMILES string of the molecule is C[C@@H](NCC(=O)NN1C(=O)NC2(CCCCC2)C1=O)c1cccc2ccccc12. The molecule has 0 aromatic heterocycles. The molecule has 152 valence electrons. The van der Waals surface area contributed by atoms with Crippen molar-refractivity contribution < 1.29 is 14.4 Å². The van der Waals surface area contributed by atoms with Crippen LogP contribution in [0.25, 0.3) is 10.8 Å². The van der Waals surface area contributed by atoms with E-state index in [2.05, 4.69) is 34.3 Å². The zero-order valence-electron chi connectivity index (χ0n) is 16.5. The van der Waals surface area contributed by atoms with Crippen molar-refractivity contribution in [3.63, 3.8) is 0 Å². The molecule has 2 aromatic rings. The Balaban J connectivity index is 1.37. The van der Waals surface area contributed by atoms with Crippen molar-refractivity contribution in [2.24, 2.45) is 0 Å². The average Bonchev–Trinajstić information content (AvgIpc) is 2.96. The molecule has 1 saturated carbocycles. The summed E-state index contributed by atoms with van der Waals surface area (Å²) in [6.07, 6.45) is 4.11. The molecule has 1 atom stereocenters. The number of hydrogen-bond donors (Lipinski definition) is 3. The molecule has 2 fully saturated rings. The largest absolute Gasteiger partial charge is 0.344 e. The van der Waals surface area contributed by atoms with Gasteiger partial charge in [0.25, 0.3) is 11.8 Å². The quantitative estimate of drug-likeness (QED) is 0.680. The lowest BCUT2D eigenvalue weighted by molar-refractivity contribution is -0.139. The fourth-order valence-electron chi connectivity index (χ4n) is 4.36. The summed E-state index contributed by atoms with van der Waals surface area (Å²) < 4.78 is 0. The van der Waals surface area contributed by atoms with Crippen LogP contribution in [-0.2, 0) is 9.59 Å². The van der Waals surface area contributed by atoms with Crippen molar-refractivity contribution in [1.29, 1.82) is 0 Å². The molecule has 2 aliphatic rings. The van der Waals surface area contributed by atoms with Gasteiger partial charge in [-0.15, -0.1) is 0 Å². The second-order valence-corrected chi connectivity index (χ2v) is 7.92. The number of carbonyl (C=O) groups excluding carboxylic acids is 3. The lowest BCUT2D eigenvalue weighted by Crippen LogP contribution is -2.52. The maximum absolute atomic E-state index is 12.7. The van der Waals surface area contributed by atoms with Crippen molar-refractivity contribution in [3.05, 3.63) is 48.0 Å². The van der Waals surface area contributed by atoms with Crippen LogP contribution < -0.4 is 16.1 Å². The first-order valence-electron chi connectivity index (χ1n) is 10.2. The number of nitrogens with zero attached hydrogens (tertiary/aromatic N) is 1. The van der Waals surface area contributed by atoms with Crippen LogP contribution in [0.4, 0.5) is 4.79 Å². The van der Waals surface area contributed by atoms with Crippen LogP contribution >= 0.6 is 0 Å². The Morgan fingerprint density at radius 1 is 1.10 bits per heavy atom. The summed E-state index contributed by atoms with van der Waals surface area (Å²) in [5, 5.41) is 9.08. The minimum Gasteiger partial charge on any atom is -0.322 e. The summed E-state index contributed by atoms with van der Waals surface area (Å²) in [6, 6.07) is 13.5. The molecule has 0 unspecified atom stereocenters. The summed E-state index contributed by atoms with van der Waals surface area (Å²) in [4.78, 5) is 37.4. The average molecular weight is 394 g/mol. The van der Waals surface area contributed by atoms with Gasteiger partial charge in [0.1, 0.15) is 5.54 Å². The van der Waals surface area contributed by atoms with Gasteiger partial charge in [0, 0.05) is 6.04 Å². The predicted octanol–water partition coefficient (Wildman–Crippen LogP) is 2.78. The van der Waals surface area contributed by atoms with E-state index in [0.717, 1.165) is 40.6 Å². The van der Waals surface area contributed by atoms with Crippen LogP contribution in [0, 0.1) is 0 Å². The molecule has 2 aromatic carbocycles. The fourth-order valence-corrected chi connectivity index (χ4v) is 4.36. The van der Waals surface area contributed by atoms with E-state index in [-0.39, 0.29) is 18.5 Å². The van der Waals surface area contributed by atoms with Crippen molar-refractivity contribution >= 4 is 28.6 Å².